The summed E-state index contributed by atoms with van der Waals surface area (Å²) in [5.41, 5.74) is 0. The van der Waals surface area contributed by atoms with Gasteiger partial charge in [0.15, 0.2) is 6.10 Å². The first-order valence-corrected chi connectivity index (χ1v) is 30.0. The third-order valence-corrected chi connectivity index (χ3v) is 12.1. The lowest BCUT2D eigenvalue weighted by Crippen LogP contribution is -2.40. The Labute approximate surface area is 471 Å². The summed E-state index contributed by atoms with van der Waals surface area (Å²) >= 11 is 0. The molecule has 2 atom stereocenters. The zero-order chi connectivity index (χ0) is 56.2. The number of carboxylic acid groups (broad SMARTS) is 1. The summed E-state index contributed by atoms with van der Waals surface area (Å²) in [6, 6.07) is 0. The van der Waals surface area contributed by atoms with E-state index in [4.69, 9.17) is 18.9 Å². The maximum absolute atomic E-state index is 12.9. The van der Waals surface area contributed by atoms with Crippen LogP contribution in [0.1, 0.15) is 206 Å². The molecule has 0 heterocycles. The van der Waals surface area contributed by atoms with E-state index in [1.165, 1.54) is 77.0 Å². The molecule has 77 heavy (non-hydrogen) atoms. The molecule has 0 aliphatic carbocycles. The van der Waals surface area contributed by atoms with Gasteiger partial charge >= 0.3 is 17.9 Å². The number of quaternary nitrogens is 1. The Morgan fingerprint density at radius 3 is 1.10 bits per heavy atom. The van der Waals surface area contributed by atoms with E-state index in [1.807, 2.05) is 33.3 Å². The van der Waals surface area contributed by atoms with Gasteiger partial charge in [0.25, 0.3) is 6.29 Å². The van der Waals surface area contributed by atoms with Gasteiger partial charge in [-0.15, -0.1) is 0 Å². The zero-order valence-corrected chi connectivity index (χ0v) is 49.3. The van der Waals surface area contributed by atoms with E-state index in [9.17, 15) is 19.5 Å². The quantitative estimate of drug-likeness (QED) is 0.0211. The first-order chi connectivity index (χ1) is 37.6. The Bertz CT molecular complexity index is 1770. The van der Waals surface area contributed by atoms with E-state index in [0.29, 0.717) is 23.9 Å². The number of carbonyl (C=O) groups is 3. The van der Waals surface area contributed by atoms with Gasteiger partial charge < -0.3 is 28.5 Å². The van der Waals surface area contributed by atoms with Gasteiger partial charge in [-0.05, 0) is 96.3 Å². The molecule has 0 aliphatic rings. The van der Waals surface area contributed by atoms with Crippen LogP contribution in [0, 0.1) is 0 Å². The SMILES string of the molecule is CC/C=C\C/C=C\C/C=C\C/C=C\C/C=C\C/C=C\C/C=C\CCCCCCCCCCCCCCCCCC(=O)OC(COC(=O)C/C=C\C/C=C\C/C=C\C/C=C\C/C=C\CC)COC(OCC[N+](C)(C)C)C(=O)O. The molecule has 0 saturated heterocycles. The molecule has 0 rings (SSSR count). The lowest BCUT2D eigenvalue weighted by molar-refractivity contribution is -0.870. The second kappa shape index (κ2) is 57.3. The second-order valence-corrected chi connectivity index (χ2v) is 20.6. The van der Waals surface area contributed by atoms with Gasteiger partial charge in [0.1, 0.15) is 13.2 Å². The summed E-state index contributed by atoms with van der Waals surface area (Å²) in [5.74, 6) is -2.18. The average Bonchev–Trinajstić information content (AvgIpc) is 3.40. The van der Waals surface area contributed by atoms with Crippen molar-refractivity contribution < 1.29 is 42.9 Å². The van der Waals surface area contributed by atoms with Crippen LogP contribution in [0.15, 0.2) is 146 Å². The number of likely N-dealkylation sites (N-methyl/N-ethyl adjacent to an activating group) is 1. The number of ether oxygens (including phenoxy) is 4. The molecule has 2 unspecified atom stereocenters. The number of rotatable bonds is 53. The molecule has 0 aromatic carbocycles. The third kappa shape index (κ3) is 58.7. The smallest absolute Gasteiger partial charge is 0.361 e. The molecule has 9 nitrogen and oxygen atoms in total. The maximum Gasteiger partial charge on any atom is 0.361 e. The molecule has 0 aromatic rings. The number of hydrogen-bond donors (Lipinski definition) is 1. The van der Waals surface area contributed by atoms with Gasteiger partial charge in [-0.2, -0.15) is 0 Å². The Balaban J connectivity index is 4.17. The minimum absolute atomic E-state index is 0.0637. The number of allylic oxidation sites excluding steroid dienone is 23. The van der Waals surface area contributed by atoms with E-state index in [0.717, 1.165) is 89.9 Å². The van der Waals surface area contributed by atoms with Crippen LogP contribution in [-0.4, -0.2) is 87.4 Å². The lowest BCUT2D eigenvalue weighted by atomic mass is 10.0. The predicted octanol–water partition coefficient (Wildman–Crippen LogP) is 18.0. The Hall–Kier alpha value is -4.83. The summed E-state index contributed by atoms with van der Waals surface area (Å²) in [7, 11) is 5.93. The maximum atomic E-state index is 12.9. The molecular weight excluding hydrogens is 959 g/mol. The van der Waals surface area contributed by atoms with Crippen molar-refractivity contribution in [1.82, 2.24) is 0 Å². The molecular formula is C68H110NO8+. The molecule has 0 aromatic heterocycles. The minimum atomic E-state index is -1.54. The van der Waals surface area contributed by atoms with Crippen LogP contribution in [0.5, 0.6) is 0 Å². The highest BCUT2D eigenvalue weighted by atomic mass is 16.7. The van der Waals surface area contributed by atoms with Crippen LogP contribution in [-0.2, 0) is 33.3 Å². The Morgan fingerprint density at radius 1 is 0.403 bits per heavy atom. The molecule has 0 fully saturated rings. The van der Waals surface area contributed by atoms with Crippen LogP contribution in [0.3, 0.4) is 0 Å². The standard InChI is InChI=1S/C68H109NO8/c1-6-8-10-12-14-16-18-20-22-23-24-25-26-27-28-29-30-31-32-33-34-35-36-37-38-39-40-41-42-43-45-47-49-51-53-55-57-59-66(71)77-64(63-76-68(67(72)73)74-61-60-69(3,4)5)62-75-65(70)58-56-54-52-50-48-46-44-21-19-17-15-13-11-9-7-2/h8-11,14-17,20-22,24-25,27-28,30-31,33-34,44,48,50,54,56,64,68H,6-7,12-13,18-19,23,26,29,32,35-43,45-47,49,51-53,55,57-63H2,1-5H3/p+1/b10-8-,11-9-,16-14-,17-15-,22-20-,25-24-,28-27-,31-30-,34-33-,44-21-,50-48-,56-54-. The van der Waals surface area contributed by atoms with Crippen LogP contribution in [0.25, 0.3) is 0 Å². The van der Waals surface area contributed by atoms with Crippen LogP contribution >= 0.6 is 0 Å². The van der Waals surface area contributed by atoms with Crippen LogP contribution in [0.4, 0.5) is 0 Å². The first-order valence-electron chi connectivity index (χ1n) is 30.0. The monoisotopic (exact) mass is 1070 g/mol. The van der Waals surface area contributed by atoms with Crippen LogP contribution < -0.4 is 0 Å². The number of unbranched alkanes of at least 4 members (excludes halogenated alkanes) is 15. The molecule has 1 N–H and O–H groups in total. The Kier molecular flexibility index (Phi) is 53.8. The molecule has 0 aliphatic heterocycles. The molecule has 0 amide bonds. The number of esters is 2. The average molecular weight is 1070 g/mol. The molecule has 0 bridgehead atoms. The number of carbonyl (C=O) groups excluding carboxylic acids is 2. The summed E-state index contributed by atoms with van der Waals surface area (Å²) in [5, 5.41) is 9.69. The summed E-state index contributed by atoms with van der Waals surface area (Å²) in [4.78, 5) is 37.3. The van der Waals surface area contributed by atoms with Crippen molar-refractivity contribution in [2.24, 2.45) is 0 Å². The van der Waals surface area contributed by atoms with Crippen molar-refractivity contribution in [2.45, 2.75) is 219 Å². The fraction of sp³-hybridized carbons (Fsp3) is 0.603. The molecule has 0 spiro atoms. The second-order valence-electron chi connectivity index (χ2n) is 20.6. The third-order valence-electron chi connectivity index (χ3n) is 12.1. The lowest BCUT2D eigenvalue weighted by Gasteiger charge is -2.25. The normalized spacial score (nSPS) is 13.8. The van der Waals surface area contributed by atoms with Gasteiger partial charge in [0.05, 0.1) is 40.8 Å². The number of nitrogens with zero attached hydrogens (tertiary/aromatic N) is 1. The van der Waals surface area contributed by atoms with E-state index in [2.05, 4.69) is 141 Å². The van der Waals surface area contributed by atoms with Crippen molar-refractivity contribution in [2.75, 3.05) is 47.5 Å². The predicted molar refractivity (Wildman–Crippen MR) is 327 cm³/mol. The summed E-state index contributed by atoms with van der Waals surface area (Å²) in [6.45, 7) is 4.51. The van der Waals surface area contributed by atoms with Crippen molar-refractivity contribution in [1.29, 1.82) is 0 Å². The number of carboxylic acids is 1. The van der Waals surface area contributed by atoms with Gasteiger partial charge in [-0.1, -0.05) is 243 Å². The molecule has 0 saturated carbocycles. The highest BCUT2D eigenvalue weighted by molar-refractivity contribution is 5.72. The molecule has 0 radical (unpaired) electrons. The zero-order valence-electron chi connectivity index (χ0n) is 49.3. The fourth-order valence-corrected chi connectivity index (χ4v) is 7.60. The Morgan fingerprint density at radius 2 is 0.740 bits per heavy atom. The van der Waals surface area contributed by atoms with Gasteiger partial charge in [-0.3, -0.25) is 9.59 Å². The summed E-state index contributed by atoms with van der Waals surface area (Å²) in [6.07, 6.45) is 81.2. The topological polar surface area (TPSA) is 108 Å². The minimum Gasteiger partial charge on any atom is -0.477 e. The molecule has 9 heteroatoms. The van der Waals surface area contributed by atoms with Crippen LogP contribution in [0.2, 0.25) is 0 Å². The molecule has 434 valence electrons. The highest BCUT2D eigenvalue weighted by Gasteiger charge is 2.25. The largest absolute Gasteiger partial charge is 0.477 e. The van der Waals surface area contributed by atoms with E-state index >= 15 is 0 Å². The van der Waals surface area contributed by atoms with Gasteiger partial charge in [-0.25, -0.2) is 4.79 Å². The van der Waals surface area contributed by atoms with Crippen molar-refractivity contribution in [3.63, 3.8) is 0 Å². The number of hydrogen-bond acceptors (Lipinski definition) is 7. The first kappa shape index (κ1) is 72.2. The van der Waals surface area contributed by atoms with Gasteiger partial charge in [0.2, 0.25) is 0 Å². The van der Waals surface area contributed by atoms with Crippen molar-refractivity contribution in [3.8, 4) is 0 Å². The van der Waals surface area contributed by atoms with Gasteiger partial charge in [0, 0.05) is 6.42 Å². The van der Waals surface area contributed by atoms with E-state index < -0.39 is 30.3 Å². The highest BCUT2D eigenvalue weighted by Crippen LogP contribution is 2.15. The van der Waals surface area contributed by atoms with E-state index in [-0.39, 0.29) is 32.7 Å². The number of aliphatic carboxylic acids is 1. The van der Waals surface area contributed by atoms with Crippen molar-refractivity contribution in [3.05, 3.63) is 146 Å². The van der Waals surface area contributed by atoms with Crippen molar-refractivity contribution >= 4 is 17.9 Å². The van der Waals surface area contributed by atoms with E-state index in [1.54, 1.807) is 6.08 Å². The summed E-state index contributed by atoms with van der Waals surface area (Å²) < 4.78 is 22.7. The fourth-order valence-electron chi connectivity index (χ4n) is 7.60.